The number of ether oxygens (including phenoxy) is 1. The van der Waals surface area contributed by atoms with Gasteiger partial charge in [-0.3, -0.25) is 4.98 Å². The molecule has 5 nitrogen and oxygen atoms in total. The van der Waals surface area contributed by atoms with Gasteiger partial charge in [0.25, 0.3) is 0 Å². The summed E-state index contributed by atoms with van der Waals surface area (Å²) in [6, 6.07) is 14.7. The first-order chi connectivity index (χ1) is 11.7. The van der Waals surface area contributed by atoms with Crippen molar-refractivity contribution in [1.29, 1.82) is 5.26 Å². The van der Waals surface area contributed by atoms with Crippen molar-refractivity contribution in [2.45, 2.75) is 4.90 Å². The molecule has 118 valence electrons. The number of nitrogens with zero attached hydrogens (tertiary/aromatic N) is 2. The zero-order valence-corrected chi connectivity index (χ0v) is 16.2. The number of pyridine rings is 1. The Bertz CT molecular complexity index is 956. The van der Waals surface area contributed by atoms with E-state index in [4.69, 9.17) is 4.74 Å². The normalized spacial score (nSPS) is 9.88. The zero-order valence-electron chi connectivity index (χ0n) is 13.4. The molecule has 0 saturated carbocycles. The molecule has 2 aromatic carbocycles. The van der Waals surface area contributed by atoms with E-state index in [1.807, 2.05) is 24.3 Å². The van der Waals surface area contributed by atoms with Crippen molar-refractivity contribution in [3.05, 3.63) is 60.4 Å². The molecule has 0 aliphatic carbocycles. The van der Waals surface area contributed by atoms with Gasteiger partial charge < -0.3 is 14.6 Å². The van der Waals surface area contributed by atoms with Gasteiger partial charge in [0.2, 0.25) is 0 Å². The number of benzene rings is 2. The Morgan fingerprint density at radius 2 is 1.92 bits per heavy atom. The van der Waals surface area contributed by atoms with Gasteiger partial charge in [-0.2, -0.15) is 5.26 Å². The van der Waals surface area contributed by atoms with Gasteiger partial charge in [-0.1, -0.05) is 24.3 Å². The number of hydrogen-bond acceptors (Lipinski definition) is 6. The fourth-order valence-corrected chi connectivity index (χ4v) is 2.94. The second-order valence-corrected chi connectivity index (χ2v) is 5.87. The maximum Gasteiger partial charge on any atom is 1.00 e. The van der Waals surface area contributed by atoms with E-state index in [0.29, 0.717) is 22.0 Å². The molecule has 0 spiro atoms. The molecular formula is C18H11N2NaO3S. The van der Waals surface area contributed by atoms with Crippen molar-refractivity contribution >= 4 is 28.5 Å². The van der Waals surface area contributed by atoms with Gasteiger partial charge in [0.15, 0.2) is 5.75 Å². The first kappa shape index (κ1) is 19.3. The summed E-state index contributed by atoms with van der Waals surface area (Å²) in [5.41, 5.74) is 0.565. The van der Waals surface area contributed by atoms with Crippen molar-refractivity contribution in [3.63, 3.8) is 0 Å². The summed E-state index contributed by atoms with van der Waals surface area (Å²) in [5, 5.41) is 21.5. The molecule has 0 N–H and O–H groups in total. The Kier molecular flexibility index (Phi) is 6.85. The largest absolute Gasteiger partial charge is 1.00 e. The molecule has 0 amide bonds. The third-order valence-electron chi connectivity index (χ3n) is 3.32. The van der Waals surface area contributed by atoms with E-state index in [1.54, 1.807) is 24.4 Å². The monoisotopic (exact) mass is 358 g/mol. The molecule has 0 radical (unpaired) electrons. The first-order valence-electron chi connectivity index (χ1n) is 7.05. The van der Waals surface area contributed by atoms with Crippen LogP contribution in [0.3, 0.4) is 0 Å². The summed E-state index contributed by atoms with van der Waals surface area (Å²) in [6.07, 6.45) is 3.10. The van der Waals surface area contributed by atoms with Crippen molar-refractivity contribution in [2.75, 3.05) is 5.75 Å². The minimum absolute atomic E-state index is 0. The topological polar surface area (TPSA) is 86.0 Å². The quantitative estimate of drug-likeness (QED) is 0.462. The van der Waals surface area contributed by atoms with E-state index < -0.39 is 5.97 Å². The number of carboxylic acids is 1. The third-order valence-corrected chi connectivity index (χ3v) is 4.34. The Labute approximate surface area is 170 Å². The van der Waals surface area contributed by atoms with Crippen LogP contribution < -0.4 is 39.4 Å². The number of fused-ring (bicyclic) bond motifs is 1. The summed E-state index contributed by atoms with van der Waals surface area (Å²) >= 11 is 1.11. The fourth-order valence-electron chi connectivity index (χ4n) is 2.28. The predicted molar refractivity (Wildman–Crippen MR) is 88.7 cm³/mol. The van der Waals surface area contributed by atoms with Crippen LogP contribution in [0.5, 0.6) is 11.5 Å². The molecule has 0 aliphatic heterocycles. The summed E-state index contributed by atoms with van der Waals surface area (Å²) in [7, 11) is 0. The van der Waals surface area contributed by atoms with Crippen molar-refractivity contribution in [3.8, 4) is 17.6 Å². The molecule has 0 atom stereocenters. The van der Waals surface area contributed by atoms with Crippen LogP contribution in [-0.4, -0.2) is 16.7 Å². The van der Waals surface area contributed by atoms with Gasteiger partial charge in [0, 0.05) is 22.7 Å². The van der Waals surface area contributed by atoms with Crippen LogP contribution in [-0.2, 0) is 4.79 Å². The number of carboxylic acid groups (broad SMARTS) is 1. The van der Waals surface area contributed by atoms with Gasteiger partial charge in [-0.05, 0) is 18.2 Å². The molecule has 3 rings (SSSR count). The number of aromatic nitrogens is 1. The molecule has 3 aromatic rings. The van der Waals surface area contributed by atoms with Gasteiger partial charge in [-0.25, -0.2) is 0 Å². The average Bonchev–Trinajstić information content (AvgIpc) is 2.61. The molecule has 0 aliphatic rings. The van der Waals surface area contributed by atoms with Crippen LogP contribution in [0, 0.1) is 11.3 Å². The van der Waals surface area contributed by atoms with E-state index in [9.17, 15) is 15.2 Å². The molecular weight excluding hydrogens is 347 g/mol. The van der Waals surface area contributed by atoms with Crippen molar-refractivity contribution in [2.24, 2.45) is 0 Å². The molecule has 0 unspecified atom stereocenters. The summed E-state index contributed by atoms with van der Waals surface area (Å²) in [6.45, 7) is 0. The second-order valence-electron chi connectivity index (χ2n) is 4.85. The molecule has 1 aromatic heterocycles. The van der Waals surface area contributed by atoms with Gasteiger partial charge in [0.05, 0.1) is 28.7 Å². The molecule has 0 saturated heterocycles. The van der Waals surface area contributed by atoms with Crippen LogP contribution >= 0.6 is 11.8 Å². The van der Waals surface area contributed by atoms with Crippen LogP contribution in [0.1, 0.15) is 5.56 Å². The SMILES string of the molecule is N#Cc1ccc(Oc2cnccc2SCC(=O)[O-])c2ccccc12.[Na+]. The molecule has 1 heterocycles. The second kappa shape index (κ2) is 8.88. The molecule has 7 heteroatoms. The van der Waals surface area contributed by atoms with Gasteiger partial charge in [-0.15, -0.1) is 11.8 Å². The van der Waals surface area contributed by atoms with E-state index in [2.05, 4.69) is 11.1 Å². The number of rotatable bonds is 5. The summed E-state index contributed by atoms with van der Waals surface area (Å²) in [4.78, 5) is 15.4. The minimum Gasteiger partial charge on any atom is -0.549 e. The van der Waals surface area contributed by atoms with Gasteiger partial charge >= 0.3 is 29.6 Å². The predicted octanol–water partition coefficient (Wildman–Crippen LogP) is -0.255. The van der Waals surface area contributed by atoms with Crippen molar-refractivity contribution < 1.29 is 44.2 Å². The molecule has 0 fully saturated rings. The van der Waals surface area contributed by atoms with Crippen LogP contribution in [0.4, 0.5) is 0 Å². The number of carbonyl (C=O) groups is 1. The maximum absolute atomic E-state index is 10.7. The Hall–Kier alpha value is -2.04. The van der Waals surface area contributed by atoms with E-state index in [1.165, 1.54) is 6.20 Å². The summed E-state index contributed by atoms with van der Waals surface area (Å²) < 4.78 is 5.95. The Morgan fingerprint density at radius 1 is 1.16 bits per heavy atom. The van der Waals surface area contributed by atoms with Crippen LogP contribution in [0.25, 0.3) is 10.8 Å². The molecule has 25 heavy (non-hydrogen) atoms. The number of nitriles is 1. The standard InChI is InChI=1S/C18H12N2O3S.Na/c19-9-12-5-6-15(14-4-2-1-3-13(12)14)23-16-10-20-8-7-17(16)24-11-18(21)22;/h1-8,10H,11H2,(H,21,22);/q;+1/p-1. The van der Waals surface area contributed by atoms with E-state index >= 15 is 0 Å². The number of aliphatic carboxylic acids is 1. The zero-order chi connectivity index (χ0) is 16.9. The van der Waals surface area contributed by atoms with Crippen LogP contribution in [0.2, 0.25) is 0 Å². The third kappa shape index (κ3) is 4.53. The molecule has 0 bridgehead atoms. The summed E-state index contributed by atoms with van der Waals surface area (Å²) in [5.74, 6) is -0.285. The maximum atomic E-state index is 10.7. The van der Waals surface area contributed by atoms with Gasteiger partial charge in [0.1, 0.15) is 5.75 Å². The number of thioether (sulfide) groups is 1. The number of carbonyl (C=O) groups excluding carboxylic acids is 1. The first-order valence-corrected chi connectivity index (χ1v) is 8.04. The fraction of sp³-hybridized carbons (Fsp3) is 0.0556. The minimum atomic E-state index is -1.15. The Morgan fingerprint density at radius 3 is 2.64 bits per heavy atom. The number of hydrogen-bond donors (Lipinski definition) is 0. The smallest absolute Gasteiger partial charge is 0.549 e. The van der Waals surface area contributed by atoms with E-state index in [0.717, 1.165) is 22.5 Å². The van der Waals surface area contributed by atoms with Crippen LogP contribution in [0.15, 0.2) is 59.8 Å². The Balaban J connectivity index is 0.00000225. The van der Waals surface area contributed by atoms with Crippen molar-refractivity contribution in [1.82, 2.24) is 4.98 Å². The van der Waals surface area contributed by atoms with E-state index in [-0.39, 0.29) is 35.3 Å². The average molecular weight is 358 g/mol.